The average molecular weight is 304 g/mol. The van der Waals surface area contributed by atoms with Crippen molar-refractivity contribution in [2.24, 2.45) is 0 Å². The molecule has 0 bridgehead atoms. The Kier molecular flexibility index (Phi) is 4.34. The van der Waals surface area contributed by atoms with Crippen LogP contribution in [0.5, 0.6) is 0 Å². The van der Waals surface area contributed by atoms with Crippen LogP contribution in [0.25, 0.3) is 11.1 Å². The molecule has 2 aromatic rings. The molecule has 0 saturated carbocycles. The van der Waals surface area contributed by atoms with E-state index in [1.54, 1.807) is 32.9 Å². The number of nitrogens with one attached hydrogen (secondary N) is 2. The lowest BCUT2D eigenvalue weighted by Crippen LogP contribution is -2.43. The molecular weight excluding hydrogens is 284 g/mol. The Balaban J connectivity index is 2.13. The van der Waals surface area contributed by atoms with E-state index in [0.717, 1.165) is 11.1 Å². The second-order valence-electron chi connectivity index (χ2n) is 5.90. The molecular formula is C16H20N2O2S. The maximum atomic E-state index is 11.9. The summed E-state index contributed by atoms with van der Waals surface area (Å²) in [6.45, 7) is 5.39. The molecule has 0 radical (unpaired) electrons. The number of anilines is 1. The van der Waals surface area contributed by atoms with Crippen LogP contribution in [0, 0.1) is 0 Å². The smallest absolute Gasteiger partial charge is 0.271 e. The van der Waals surface area contributed by atoms with Crippen LogP contribution in [0.3, 0.4) is 0 Å². The number of hydrogen-bond acceptors (Lipinski definition) is 2. The van der Waals surface area contributed by atoms with Crippen molar-refractivity contribution in [1.29, 1.82) is 0 Å². The minimum atomic E-state index is -3.57. The molecule has 2 rings (SSSR count). The van der Waals surface area contributed by atoms with E-state index in [9.17, 15) is 8.42 Å². The van der Waals surface area contributed by atoms with Crippen molar-refractivity contribution >= 4 is 15.9 Å². The van der Waals surface area contributed by atoms with E-state index in [0.29, 0.717) is 5.69 Å². The van der Waals surface area contributed by atoms with Crippen LogP contribution in [0.15, 0.2) is 54.6 Å². The van der Waals surface area contributed by atoms with E-state index in [-0.39, 0.29) is 0 Å². The summed E-state index contributed by atoms with van der Waals surface area (Å²) in [5.74, 6) is 0. The van der Waals surface area contributed by atoms with Gasteiger partial charge in [-0.15, -0.1) is 0 Å². The fraction of sp³-hybridized carbons (Fsp3) is 0.250. The monoisotopic (exact) mass is 304 g/mol. The van der Waals surface area contributed by atoms with Gasteiger partial charge in [0.25, 0.3) is 10.2 Å². The molecule has 0 fully saturated rings. The minimum Gasteiger partial charge on any atom is -0.271 e. The maximum Gasteiger partial charge on any atom is 0.299 e. The van der Waals surface area contributed by atoms with Gasteiger partial charge in [-0.2, -0.15) is 13.1 Å². The van der Waals surface area contributed by atoms with Crippen LogP contribution in [0.4, 0.5) is 5.69 Å². The second kappa shape index (κ2) is 5.87. The van der Waals surface area contributed by atoms with Gasteiger partial charge >= 0.3 is 0 Å². The van der Waals surface area contributed by atoms with Crippen LogP contribution in [-0.2, 0) is 10.2 Å². The van der Waals surface area contributed by atoms with Crippen molar-refractivity contribution < 1.29 is 8.42 Å². The van der Waals surface area contributed by atoms with Crippen molar-refractivity contribution in [2.45, 2.75) is 26.3 Å². The average Bonchev–Trinajstić information content (AvgIpc) is 2.37. The highest BCUT2D eigenvalue weighted by molar-refractivity contribution is 7.90. The Morgan fingerprint density at radius 3 is 1.86 bits per heavy atom. The largest absolute Gasteiger partial charge is 0.299 e. The van der Waals surface area contributed by atoms with Crippen LogP contribution < -0.4 is 9.44 Å². The highest BCUT2D eigenvalue weighted by atomic mass is 32.2. The van der Waals surface area contributed by atoms with Crippen LogP contribution >= 0.6 is 0 Å². The van der Waals surface area contributed by atoms with Gasteiger partial charge in [0.05, 0.1) is 0 Å². The van der Waals surface area contributed by atoms with Crippen molar-refractivity contribution in [2.75, 3.05) is 4.72 Å². The predicted octanol–water partition coefficient (Wildman–Crippen LogP) is 3.40. The summed E-state index contributed by atoms with van der Waals surface area (Å²) in [5, 5.41) is 0. The highest BCUT2D eigenvalue weighted by Gasteiger charge is 2.19. The lowest BCUT2D eigenvalue weighted by Gasteiger charge is -2.20. The van der Waals surface area contributed by atoms with Gasteiger partial charge in [0, 0.05) is 11.2 Å². The highest BCUT2D eigenvalue weighted by Crippen LogP contribution is 2.21. The number of benzene rings is 2. The van der Waals surface area contributed by atoms with Crippen molar-refractivity contribution in [1.82, 2.24) is 4.72 Å². The quantitative estimate of drug-likeness (QED) is 0.909. The summed E-state index contributed by atoms with van der Waals surface area (Å²) >= 11 is 0. The van der Waals surface area contributed by atoms with E-state index in [1.807, 2.05) is 42.5 Å². The summed E-state index contributed by atoms with van der Waals surface area (Å²) in [6, 6.07) is 17.2. The van der Waals surface area contributed by atoms with E-state index in [1.165, 1.54) is 0 Å². The summed E-state index contributed by atoms with van der Waals surface area (Å²) in [4.78, 5) is 0. The van der Waals surface area contributed by atoms with Gasteiger partial charge in [-0.1, -0.05) is 42.5 Å². The molecule has 0 amide bonds. The summed E-state index contributed by atoms with van der Waals surface area (Å²) in [7, 11) is -3.57. The van der Waals surface area contributed by atoms with Gasteiger partial charge in [-0.05, 0) is 44.0 Å². The van der Waals surface area contributed by atoms with Crippen LogP contribution in [0.2, 0.25) is 0 Å². The Morgan fingerprint density at radius 2 is 1.33 bits per heavy atom. The zero-order valence-electron chi connectivity index (χ0n) is 12.4. The van der Waals surface area contributed by atoms with Gasteiger partial charge in [0.2, 0.25) is 0 Å². The molecule has 0 unspecified atom stereocenters. The molecule has 0 saturated heterocycles. The number of hydrogen-bond donors (Lipinski definition) is 2. The fourth-order valence-electron chi connectivity index (χ4n) is 1.95. The third-order valence-corrected chi connectivity index (χ3v) is 4.07. The SMILES string of the molecule is CC(C)(C)NS(=O)(=O)Nc1ccc(-c2ccccc2)cc1. The topological polar surface area (TPSA) is 58.2 Å². The zero-order valence-corrected chi connectivity index (χ0v) is 13.2. The van der Waals surface area contributed by atoms with Crippen LogP contribution in [0.1, 0.15) is 20.8 Å². The predicted molar refractivity (Wildman–Crippen MR) is 87.3 cm³/mol. The molecule has 0 spiro atoms. The number of rotatable bonds is 4. The molecule has 0 aliphatic carbocycles. The summed E-state index contributed by atoms with van der Waals surface area (Å²) in [6.07, 6.45) is 0. The molecule has 0 atom stereocenters. The van der Waals surface area contributed by atoms with E-state index in [2.05, 4.69) is 9.44 Å². The Morgan fingerprint density at radius 1 is 0.810 bits per heavy atom. The van der Waals surface area contributed by atoms with Gasteiger partial charge in [0.15, 0.2) is 0 Å². The molecule has 4 nitrogen and oxygen atoms in total. The van der Waals surface area contributed by atoms with Crippen molar-refractivity contribution in [3.05, 3.63) is 54.6 Å². The van der Waals surface area contributed by atoms with Crippen LogP contribution in [-0.4, -0.2) is 14.0 Å². The van der Waals surface area contributed by atoms with E-state index >= 15 is 0 Å². The molecule has 0 heterocycles. The molecule has 0 aliphatic rings. The fourth-order valence-corrected chi connectivity index (χ4v) is 3.25. The summed E-state index contributed by atoms with van der Waals surface area (Å²) in [5.41, 5.74) is 2.16. The van der Waals surface area contributed by atoms with Gasteiger partial charge < -0.3 is 0 Å². The normalized spacial score (nSPS) is 12.1. The lowest BCUT2D eigenvalue weighted by atomic mass is 10.1. The first-order valence-electron chi connectivity index (χ1n) is 6.72. The van der Waals surface area contributed by atoms with Crippen molar-refractivity contribution in [3.63, 3.8) is 0 Å². The van der Waals surface area contributed by atoms with Gasteiger partial charge in [-0.3, -0.25) is 4.72 Å². The third-order valence-electron chi connectivity index (χ3n) is 2.68. The summed E-state index contributed by atoms with van der Waals surface area (Å²) < 4.78 is 29.0. The minimum absolute atomic E-state index is 0.518. The maximum absolute atomic E-state index is 11.9. The Bertz CT molecular complexity index is 687. The van der Waals surface area contributed by atoms with Gasteiger partial charge in [-0.25, -0.2) is 0 Å². The zero-order chi connectivity index (χ0) is 15.5. The lowest BCUT2D eigenvalue weighted by molar-refractivity contribution is 0.494. The molecule has 0 aromatic heterocycles. The van der Waals surface area contributed by atoms with Crippen molar-refractivity contribution in [3.8, 4) is 11.1 Å². The Labute approximate surface area is 126 Å². The molecule has 2 N–H and O–H groups in total. The molecule has 2 aromatic carbocycles. The van der Waals surface area contributed by atoms with E-state index < -0.39 is 15.7 Å². The molecule has 5 heteroatoms. The van der Waals surface area contributed by atoms with Gasteiger partial charge in [0.1, 0.15) is 0 Å². The molecule has 21 heavy (non-hydrogen) atoms. The van der Waals surface area contributed by atoms with E-state index in [4.69, 9.17) is 0 Å². The Hall–Kier alpha value is -1.85. The standard InChI is InChI=1S/C16H20N2O2S/c1-16(2,3)18-21(19,20)17-15-11-9-14(10-12-15)13-7-5-4-6-8-13/h4-12,17-18H,1-3H3. The first kappa shape index (κ1) is 15.5. The molecule has 112 valence electrons. The second-order valence-corrected chi connectivity index (χ2v) is 7.32. The molecule has 0 aliphatic heterocycles. The first-order chi connectivity index (χ1) is 9.75. The first-order valence-corrected chi connectivity index (χ1v) is 8.21. The third kappa shape index (κ3) is 4.88.